The molecule has 0 aliphatic heterocycles. The van der Waals surface area contributed by atoms with Crippen LogP contribution in [0.3, 0.4) is 0 Å². The molecule has 8 heteroatoms. The van der Waals surface area contributed by atoms with Crippen LogP contribution in [-0.2, 0) is 0 Å². The summed E-state index contributed by atoms with van der Waals surface area (Å²) in [6, 6.07) is 5.92. The fourth-order valence-electron chi connectivity index (χ4n) is 1.71. The van der Waals surface area contributed by atoms with Crippen molar-refractivity contribution in [3.05, 3.63) is 40.5 Å². The third-order valence-electron chi connectivity index (χ3n) is 2.69. The number of pyridine rings is 1. The van der Waals surface area contributed by atoms with E-state index in [1.807, 2.05) is 0 Å². The van der Waals surface area contributed by atoms with E-state index in [0.717, 1.165) is 0 Å². The van der Waals surface area contributed by atoms with E-state index < -0.39 is 0 Å². The fourth-order valence-corrected chi connectivity index (χ4v) is 2.18. The van der Waals surface area contributed by atoms with Gasteiger partial charge >= 0.3 is 0 Å². The Kier molecular flexibility index (Phi) is 3.40. The van der Waals surface area contributed by atoms with Crippen LogP contribution in [0.4, 0.5) is 0 Å². The lowest BCUT2D eigenvalue weighted by atomic mass is 10.2. The zero-order valence-corrected chi connectivity index (χ0v) is 11.8. The van der Waals surface area contributed by atoms with E-state index in [0.29, 0.717) is 10.7 Å². The molecule has 0 fully saturated rings. The fraction of sp³-hybridized carbons (Fsp3) is 0. The van der Waals surface area contributed by atoms with Gasteiger partial charge in [0, 0.05) is 6.20 Å². The maximum Gasteiger partial charge on any atom is 0.262 e. The number of aromatic nitrogens is 3. The Bertz CT molecular complexity index is 820. The number of hydrogen-bond acceptors (Lipinski definition) is 6. The van der Waals surface area contributed by atoms with Crippen molar-refractivity contribution in [2.75, 3.05) is 0 Å². The van der Waals surface area contributed by atoms with Crippen LogP contribution in [-0.4, -0.2) is 25.3 Å². The van der Waals surface area contributed by atoms with Crippen molar-refractivity contribution in [1.29, 1.82) is 0 Å². The lowest BCUT2D eigenvalue weighted by Crippen LogP contribution is -1.87. The summed E-state index contributed by atoms with van der Waals surface area (Å²) in [6.07, 6.45) is 1.41. The molecule has 0 unspecified atom stereocenters. The van der Waals surface area contributed by atoms with E-state index in [2.05, 4.69) is 15.1 Å². The molecule has 2 heterocycles. The molecule has 0 bridgehead atoms. The first-order valence-corrected chi connectivity index (χ1v) is 6.48. The molecule has 3 aromatic rings. The Morgan fingerprint density at radius 1 is 1.14 bits per heavy atom. The Balaban J connectivity index is 2.06. The van der Waals surface area contributed by atoms with Gasteiger partial charge in [0.2, 0.25) is 5.82 Å². The Labute approximate surface area is 128 Å². The summed E-state index contributed by atoms with van der Waals surface area (Å²) in [5, 5.41) is 23.7. The van der Waals surface area contributed by atoms with Crippen molar-refractivity contribution in [2.24, 2.45) is 0 Å². The van der Waals surface area contributed by atoms with Crippen LogP contribution in [0.1, 0.15) is 0 Å². The first-order valence-electron chi connectivity index (χ1n) is 5.72. The van der Waals surface area contributed by atoms with Gasteiger partial charge in [0.25, 0.3) is 5.89 Å². The maximum absolute atomic E-state index is 9.78. The van der Waals surface area contributed by atoms with Gasteiger partial charge < -0.3 is 14.7 Å². The van der Waals surface area contributed by atoms with Crippen molar-refractivity contribution in [3.63, 3.8) is 0 Å². The third kappa shape index (κ3) is 2.51. The van der Waals surface area contributed by atoms with E-state index in [4.69, 9.17) is 27.7 Å². The van der Waals surface area contributed by atoms with Gasteiger partial charge in [-0.2, -0.15) is 4.98 Å². The molecule has 1 aromatic carbocycles. The zero-order valence-electron chi connectivity index (χ0n) is 10.3. The summed E-state index contributed by atoms with van der Waals surface area (Å²) >= 11 is 11.8. The molecule has 0 aliphatic rings. The highest BCUT2D eigenvalue weighted by Gasteiger charge is 2.18. The van der Waals surface area contributed by atoms with Crippen molar-refractivity contribution in [1.82, 2.24) is 15.1 Å². The third-order valence-corrected chi connectivity index (χ3v) is 3.19. The number of para-hydroxylation sites is 1. The molecule has 3 rings (SSSR count). The largest absolute Gasteiger partial charge is 0.504 e. The van der Waals surface area contributed by atoms with Gasteiger partial charge in [-0.3, -0.25) is 0 Å². The molecule has 0 spiro atoms. The van der Waals surface area contributed by atoms with E-state index in [9.17, 15) is 10.2 Å². The summed E-state index contributed by atoms with van der Waals surface area (Å²) in [5.41, 5.74) is 0.509. The SMILES string of the molecule is Oc1cccc(-c2nc(-c3ncc(Cl)cc3Cl)no2)c1O. The minimum Gasteiger partial charge on any atom is -0.504 e. The van der Waals surface area contributed by atoms with E-state index in [-0.39, 0.29) is 33.8 Å². The highest BCUT2D eigenvalue weighted by Crippen LogP contribution is 2.36. The van der Waals surface area contributed by atoms with Gasteiger partial charge in [0.15, 0.2) is 11.5 Å². The van der Waals surface area contributed by atoms with Crippen LogP contribution in [0.5, 0.6) is 11.5 Å². The number of phenolic OH excluding ortho intramolecular Hbond substituents is 2. The standard InChI is InChI=1S/C13H7Cl2N3O3/c14-6-4-8(15)10(16-5-6)12-17-13(21-18-12)7-2-1-3-9(19)11(7)20/h1-5,19-20H. The number of nitrogens with zero attached hydrogens (tertiary/aromatic N) is 3. The second-order valence-electron chi connectivity index (χ2n) is 4.08. The maximum atomic E-state index is 9.78. The predicted octanol–water partition coefficient (Wildman–Crippen LogP) is 3.52. The lowest BCUT2D eigenvalue weighted by Gasteiger charge is -2.00. The first-order chi connectivity index (χ1) is 10.1. The number of hydrogen-bond donors (Lipinski definition) is 2. The monoisotopic (exact) mass is 323 g/mol. The number of aromatic hydroxyl groups is 2. The summed E-state index contributed by atoms with van der Waals surface area (Å²) in [6.45, 7) is 0. The van der Waals surface area contributed by atoms with Gasteiger partial charge in [-0.05, 0) is 18.2 Å². The Hall–Kier alpha value is -2.31. The lowest BCUT2D eigenvalue weighted by molar-refractivity contribution is 0.397. The topological polar surface area (TPSA) is 92.3 Å². The first kappa shape index (κ1) is 13.7. The molecule has 21 heavy (non-hydrogen) atoms. The molecule has 0 amide bonds. The average Bonchev–Trinajstić information content (AvgIpc) is 2.91. The van der Waals surface area contributed by atoms with Crippen LogP contribution >= 0.6 is 23.2 Å². The van der Waals surface area contributed by atoms with Crippen LogP contribution in [0.15, 0.2) is 35.0 Å². The number of benzene rings is 1. The van der Waals surface area contributed by atoms with Crippen LogP contribution in [0.2, 0.25) is 10.0 Å². The quantitative estimate of drug-likeness (QED) is 0.701. The summed E-state index contributed by atoms with van der Waals surface area (Å²) in [5.74, 6) is -0.446. The van der Waals surface area contributed by atoms with Crippen LogP contribution < -0.4 is 0 Å². The minimum atomic E-state index is -0.345. The molecule has 106 valence electrons. The highest BCUT2D eigenvalue weighted by atomic mass is 35.5. The van der Waals surface area contributed by atoms with E-state index >= 15 is 0 Å². The molecule has 0 saturated heterocycles. The Morgan fingerprint density at radius 3 is 2.71 bits per heavy atom. The van der Waals surface area contributed by atoms with Gasteiger partial charge in [0.05, 0.1) is 15.6 Å². The minimum absolute atomic E-state index is 0.0335. The Morgan fingerprint density at radius 2 is 1.95 bits per heavy atom. The predicted molar refractivity (Wildman–Crippen MR) is 76.3 cm³/mol. The molecular weight excluding hydrogens is 317 g/mol. The van der Waals surface area contributed by atoms with Crippen LogP contribution in [0, 0.1) is 0 Å². The molecule has 0 saturated carbocycles. The average molecular weight is 324 g/mol. The summed E-state index contributed by atoms with van der Waals surface area (Å²) < 4.78 is 5.06. The number of phenols is 2. The van der Waals surface area contributed by atoms with E-state index in [1.165, 1.54) is 24.4 Å². The van der Waals surface area contributed by atoms with Gasteiger partial charge in [-0.25, -0.2) is 4.98 Å². The van der Waals surface area contributed by atoms with Crippen molar-refractivity contribution in [3.8, 4) is 34.5 Å². The highest BCUT2D eigenvalue weighted by molar-refractivity contribution is 6.35. The normalized spacial score (nSPS) is 10.8. The molecule has 0 atom stereocenters. The second kappa shape index (κ2) is 5.23. The molecule has 0 aliphatic carbocycles. The smallest absolute Gasteiger partial charge is 0.262 e. The molecular formula is C13H7Cl2N3O3. The zero-order chi connectivity index (χ0) is 15.0. The number of halogens is 2. The van der Waals surface area contributed by atoms with Gasteiger partial charge in [0.1, 0.15) is 5.69 Å². The number of rotatable bonds is 2. The second-order valence-corrected chi connectivity index (χ2v) is 4.92. The molecule has 2 N–H and O–H groups in total. The molecule has 0 radical (unpaired) electrons. The molecule has 2 aromatic heterocycles. The van der Waals surface area contributed by atoms with Crippen LogP contribution in [0.25, 0.3) is 23.0 Å². The summed E-state index contributed by atoms with van der Waals surface area (Å²) in [7, 11) is 0. The molecule has 6 nitrogen and oxygen atoms in total. The van der Waals surface area contributed by atoms with E-state index in [1.54, 1.807) is 6.07 Å². The van der Waals surface area contributed by atoms with Crippen molar-refractivity contribution >= 4 is 23.2 Å². The van der Waals surface area contributed by atoms with Gasteiger partial charge in [-0.1, -0.05) is 34.4 Å². The summed E-state index contributed by atoms with van der Waals surface area (Å²) in [4.78, 5) is 8.14. The van der Waals surface area contributed by atoms with Crippen molar-refractivity contribution in [2.45, 2.75) is 0 Å². The van der Waals surface area contributed by atoms with Gasteiger partial charge in [-0.15, -0.1) is 0 Å². The van der Waals surface area contributed by atoms with Crippen molar-refractivity contribution < 1.29 is 14.7 Å².